The molecular formula is C14H24F3N. The third kappa shape index (κ3) is 4.15. The van der Waals surface area contributed by atoms with Crippen molar-refractivity contribution in [1.82, 2.24) is 5.32 Å². The van der Waals surface area contributed by atoms with Crippen LogP contribution in [0.15, 0.2) is 0 Å². The first-order chi connectivity index (χ1) is 8.49. The Balaban J connectivity index is 1.71. The minimum absolute atomic E-state index is 0.307. The van der Waals surface area contributed by atoms with Gasteiger partial charge in [0.25, 0.3) is 0 Å². The zero-order valence-electron chi connectivity index (χ0n) is 11.1. The van der Waals surface area contributed by atoms with Crippen LogP contribution in [0.2, 0.25) is 0 Å². The molecule has 1 unspecified atom stereocenters. The fourth-order valence-electron chi connectivity index (χ4n) is 3.03. The molecule has 2 fully saturated rings. The second kappa shape index (κ2) is 5.81. The van der Waals surface area contributed by atoms with Crippen LogP contribution in [0, 0.1) is 11.8 Å². The molecule has 0 aromatic heterocycles. The zero-order valence-corrected chi connectivity index (χ0v) is 11.1. The van der Waals surface area contributed by atoms with Gasteiger partial charge in [0.2, 0.25) is 0 Å². The summed E-state index contributed by atoms with van der Waals surface area (Å²) in [6.45, 7) is 2.17. The van der Waals surface area contributed by atoms with Gasteiger partial charge in [-0.25, -0.2) is 0 Å². The summed E-state index contributed by atoms with van der Waals surface area (Å²) < 4.78 is 37.7. The number of hydrogen-bond acceptors (Lipinski definition) is 1. The summed E-state index contributed by atoms with van der Waals surface area (Å²) in [5.41, 5.74) is 0. The molecule has 2 rings (SSSR count). The van der Waals surface area contributed by atoms with Crippen molar-refractivity contribution in [2.45, 2.75) is 76.6 Å². The summed E-state index contributed by atoms with van der Waals surface area (Å²) in [5.74, 6) is -0.173. The van der Waals surface area contributed by atoms with Gasteiger partial charge >= 0.3 is 6.18 Å². The number of rotatable bonds is 5. The molecule has 0 aromatic rings. The van der Waals surface area contributed by atoms with Crippen molar-refractivity contribution in [3.63, 3.8) is 0 Å². The van der Waals surface area contributed by atoms with Gasteiger partial charge in [0, 0.05) is 12.1 Å². The van der Waals surface area contributed by atoms with E-state index in [4.69, 9.17) is 0 Å². The van der Waals surface area contributed by atoms with E-state index in [0.29, 0.717) is 37.8 Å². The minimum Gasteiger partial charge on any atom is -0.311 e. The Morgan fingerprint density at radius 1 is 1.06 bits per heavy atom. The molecule has 0 aliphatic heterocycles. The zero-order chi connectivity index (χ0) is 13.2. The van der Waals surface area contributed by atoms with Crippen molar-refractivity contribution in [3.8, 4) is 0 Å². The van der Waals surface area contributed by atoms with Crippen LogP contribution in [0.5, 0.6) is 0 Å². The molecule has 0 radical (unpaired) electrons. The molecule has 0 aromatic carbocycles. The lowest BCUT2D eigenvalue weighted by Crippen LogP contribution is -2.42. The highest BCUT2D eigenvalue weighted by Crippen LogP contribution is 2.38. The maximum atomic E-state index is 12.6. The van der Waals surface area contributed by atoms with Crippen LogP contribution in [0.3, 0.4) is 0 Å². The van der Waals surface area contributed by atoms with Crippen LogP contribution in [0.1, 0.15) is 58.3 Å². The molecule has 0 bridgehead atoms. The van der Waals surface area contributed by atoms with E-state index in [-0.39, 0.29) is 0 Å². The molecule has 0 amide bonds. The summed E-state index contributed by atoms with van der Waals surface area (Å²) in [6, 6.07) is 0.831. The third-order valence-corrected chi connectivity index (χ3v) is 4.47. The number of halogens is 3. The smallest absolute Gasteiger partial charge is 0.311 e. The molecule has 1 nitrogen and oxygen atoms in total. The van der Waals surface area contributed by atoms with E-state index < -0.39 is 12.1 Å². The van der Waals surface area contributed by atoms with Crippen molar-refractivity contribution in [2.24, 2.45) is 11.8 Å². The minimum atomic E-state index is -3.98. The van der Waals surface area contributed by atoms with E-state index in [1.807, 2.05) is 0 Å². The maximum Gasteiger partial charge on any atom is 0.391 e. The Kier molecular flexibility index (Phi) is 4.57. The van der Waals surface area contributed by atoms with Gasteiger partial charge in [0.1, 0.15) is 0 Å². The van der Waals surface area contributed by atoms with Crippen molar-refractivity contribution in [3.05, 3.63) is 0 Å². The molecule has 1 N–H and O–H groups in total. The predicted octanol–water partition coefficient (Wildman–Crippen LogP) is 4.28. The van der Waals surface area contributed by atoms with Gasteiger partial charge in [-0.1, -0.05) is 19.8 Å². The number of alkyl halides is 3. The largest absolute Gasteiger partial charge is 0.391 e. The lowest BCUT2D eigenvalue weighted by molar-refractivity contribution is -0.182. The summed E-state index contributed by atoms with van der Waals surface area (Å²) >= 11 is 0. The van der Waals surface area contributed by atoms with Gasteiger partial charge in [0.15, 0.2) is 0 Å². The van der Waals surface area contributed by atoms with Crippen molar-refractivity contribution in [1.29, 1.82) is 0 Å². The first-order valence-corrected chi connectivity index (χ1v) is 7.31. The lowest BCUT2D eigenvalue weighted by atomic mass is 9.85. The monoisotopic (exact) mass is 263 g/mol. The van der Waals surface area contributed by atoms with Crippen LogP contribution < -0.4 is 5.32 Å². The van der Waals surface area contributed by atoms with Crippen molar-refractivity contribution < 1.29 is 13.2 Å². The molecule has 0 spiro atoms. The highest BCUT2D eigenvalue weighted by Gasteiger charge is 2.41. The van der Waals surface area contributed by atoms with E-state index in [9.17, 15) is 13.2 Å². The van der Waals surface area contributed by atoms with Crippen molar-refractivity contribution in [2.75, 3.05) is 0 Å². The maximum absolute atomic E-state index is 12.6. The molecule has 2 aliphatic rings. The second-order valence-corrected chi connectivity index (χ2v) is 6.04. The Bertz CT molecular complexity index is 252. The van der Waals surface area contributed by atoms with Crippen LogP contribution >= 0.6 is 0 Å². The number of hydrogen-bond donors (Lipinski definition) is 1. The molecule has 1 atom stereocenters. The quantitative estimate of drug-likeness (QED) is 0.780. The van der Waals surface area contributed by atoms with Gasteiger partial charge in [-0.3, -0.25) is 0 Å². The Morgan fingerprint density at radius 3 is 2.11 bits per heavy atom. The van der Waals surface area contributed by atoms with Gasteiger partial charge in [0.05, 0.1) is 5.92 Å². The molecule has 18 heavy (non-hydrogen) atoms. The Hall–Kier alpha value is -0.250. The van der Waals surface area contributed by atoms with Gasteiger partial charge < -0.3 is 5.32 Å². The fourth-order valence-corrected chi connectivity index (χ4v) is 3.03. The van der Waals surface area contributed by atoms with E-state index in [1.165, 1.54) is 19.3 Å². The molecule has 0 heterocycles. The van der Waals surface area contributed by atoms with Gasteiger partial charge in [-0.2, -0.15) is 13.2 Å². The molecular weight excluding hydrogens is 239 g/mol. The van der Waals surface area contributed by atoms with E-state index in [0.717, 1.165) is 12.3 Å². The lowest BCUT2D eigenvalue weighted by Gasteiger charge is -2.33. The first-order valence-electron chi connectivity index (χ1n) is 7.31. The van der Waals surface area contributed by atoms with E-state index in [1.54, 1.807) is 0 Å². The average molecular weight is 263 g/mol. The Morgan fingerprint density at radius 2 is 1.67 bits per heavy atom. The number of nitrogens with one attached hydrogen (secondary N) is 1. The normalized spacial score (nSPS) is 31.3. The summed E-state index contributed by atoms with van der Waals surface area (Å²) in [6.07, 6.45) is 3.01. The van der Waals surface area contributed by atoms with Crippen molar-refractivity contribution >= 4 is 0 Å². The highest BCUT2D eigenvalue weighted by atomic mass is 19.4. The summed E-state index contributed by atoms with van der Waals surface area (Å²) in [4.78, 5) is 0. The van der Waals surface area contributed by atoms with Crippen LogP contribution in [-0.2, 0) is 0 Å². The summed E-state index contributed by atoms with van der Waals surface area (Å²) in [7, 11) is 0. The molecule has 4 heteroatoms. The predicted molar refractivity (Wildman–Crippen MR) is 66.4 cm³/mol. The van der Waals surface area contributed by atoms with Gasteiger partial charge in [-0.15, -0.1) is 0 Å². The van der Waals surface area contributed by atoms with E-state index >= 15 is 0 Å². The first kappa shape index (κ1) is 14.2. The van der Waals surface area contributed by atoms with E-state index in [2.05, 4.69) is 12.2 Å². The topological polar surface area (TPSA) is 12.0 Å². The van der Waals surface area contributed by atoms with Crippen LogP contribution in [0.25, 0.3) is 0 Å². The molecule has 2 saturated carbocycles. The molecule has 2 aliphatic carbocycles. The SMILES string of the molecule is CCC(CC1CC1)NC1CCC(C(F)(F)F)CC1. The van der Waals surface area contributed by atoms with Crippen LogP contribution in [-0.4, -0.2) is 18.3 Å². The molecule has 106 valence electrons. The second-order valence-electron chi connectivity index (χ2n) is 6.04. The highest BCUT2D eigenvalue weighted by molar-refractivity contribution is 4.85. The molecule has 0 saturated heterocycles. The third-order valence-electron chi connectivity index (χ3n) is 4.47. The summed E-state index contributed by atoms with van der Waals surface area (Å²) in [5, 5.41) is 3.58. The van der Waals surface area contributed by atoms with Gasteiger partial charge in [-0.05, 0) is 44.4 Å². The Labute approximate surface area is 108 Å². The average Bonchev–Trinajstić information content (AvgIpc) is 3.11. The van der Waals surface area contributed by atoms with Crippen LogP contribution in [0.4, 0.5) is 13.2 Å². The standard InChI is InChI=1S/C14H24F3N/c1-2-12(9-10-3-4-10)18-13-7-5-11(6-8-13)14(15,16)17/h10-13,18H,2-9H2,1H3. The fraction of sp³-hybridized carbons (Fsp3) is 1.00.